The Balaban J connectivity index is 0.00000169. The first-order valence-electron chi connectivity index (χ1n) is 3.06. The summed E-state index contributed by atoms with van der Waals surface area (Å²) in [7, 11) is -4.61. The second-order valence-corrected chi connectivity index (χ2v) is 4.04. The molecule has 1 aromatic carbocycles. The molecule has 0 heterocycles. The van der Waals surface area contributed by atoms with E-state index in [4.69, 9.17) is 21.9 Å². The van der Waals surface area contributed by atoms with Crippen molar-refractivity contribution in [2.24, 2.45) is 0 Å². The Kier molecular flexibility index (Phi) is 4.70. The van der Waals surface area contributed by atoms with Crippen molar-refractivity contribution in [2.75, 3.05) is 5.73 Å². The maximum atomic E-state index is 11.1. The van der Waals surface area contributed by atoms with E-state index in [1.807, 2.05) is 0 Å². The number of hydrogen-bond acceptors (Lipinski definition) is 4. The molecule has 8 heteroatoms. The van der Waals surface area contributed by atoms with Crippen LogP contribution in [0.15, 0.2) is 17.0 Å². The van der Waals surface area contributed by atoms with Crippen LogP contribution in [0.1, 0.15) is 0 Å². The quantitative estimate of drug-likeness (QED) is 0.317. The van der Waals surface area contributed by atoms with Crippen LogP contribution in [0.2, 0.25) is 5.02 Å². The second-order valence-electron chi connectivity index (χ2n) is 2.27. The summed E-state index contributed by atoms with van der Waals surface area (Å²) in [4.78, 5) is -0.880. The summed E-state index contributed by atoms with van der Waals surface area (Å²) < 4.78 is 29.9. The number of nitrogens with two attached hydrogens (primary N) is 1. The van der Waals surface area contributed by atoms with Gasteiger partial charge in [0.15, 0.2) is 0 Å². The Labute approximate surface area is 108 Å². The molecule has 0 atom stereocenters. The van der Waals surface area contributed by atoms with E-state index in [0.29, 0.717) is 0 Å². The Morgan fingerprint density at radius 3 is 2.29 bits per heavy atom. The fourth-order valence-corrected chi connectivity index (χ4v) is 1.90. The summed E-state index contributed by atoms with van der Waals surface area (Å²) in [6.45, 7) is 0. The van der Waals surface area contributed by atoms with Gasteiger partial charge in [-0.3, -0.25) is 4.55 Å². The number of hydrogen-bond donors (Lipinski definition) is 2. The van der Waals surface area contributed by atoms with E-state index in [1.54, 1.807) is 0 Å². The van der Waals surface area contributed by atoms with Crippen LogP contribution >= 0.6 is 11.6 Å². The molecule has 1 rings (SSSR count). The standard InChI is InChI=1S/C6H6ClNO4S.Na/c7-3-1-2-4(8)5(9)6(3)13(10,11)12;/h1-2,9H,8H2,(H,10,11,12);/q;+1/p-1. The largest absolute Gasteiger partial charge is 1.00 e. The molecule has 0 unspecified atom stereocenters. The molecule has 0 aromatic heterocycles. The van der Waals surface area contributed by atoms with Gasteiger partial charge in [-0.05, 0) is 12.1 Å². The van der Waals surface area contributed by atoms with Gasteiger partial charge in [0.25, 0.3) is 10.1 Å². The predicted octanol–water partition coefficient (Wildman–Crippen LogP) is -2.75. The third kappa shape index (κ3) is 2.75. The van der Waals surface area contributed by atoms with E-state index in [2.05, 4.69) is 0 Å². The second kappa shape index (κ2) is 4.69. The molecule has 0 saturated heterocycles. The van der Waals surface area contributed by atoms with Crippen molar-refractivity contribution in [3.05, 3.63) is 17.2 Å². The van der Waals surface area contributed by atoms with Gasteiger partial charge in [-0.2, -0.15) is 8.42 Å². The number of nitrogen functional groups attached to an aromatic ring is 1. The third-order valence-electron chi connectivity index (χ3n) is 1.35. The van der Waals surface area contributed by atoms with Crippen molar-refractivity contribution in [1.29, 1.82) is 0 Å². The first-order chi connectivity index (χ1) is 5.84. The minimum atomic E-state index is -4.61. The van der Waals surface area contributed by atoms with Gasteiger partial charge in [-0.1, -0.05) is 17.4 Å². The van der Waals surface area contributed by atoms with Crippen LogP contribution in [0.25, 0.3) is 0 Å². The zero-order valence-corrected chi connectivity index (χ0v) is 10.8. The normalized spacial score (nSPS) is 10.7. The molecule has 3 N–H and O–H groups in total. The zero-order chi connectivity index (χ0) is 10.2. The zero-order valence-electron chi connectivity index (χ0n) is 7.19. The van der Waals surface area contributed by atoms with Crippen molar-refractivity contribution >= 4 is 27.4 Å². The maximum Gasteiger partial charge on any atom is 1.00 e. The topological polar surface area (TPSA) is 103 Å². The van der Waals surface area contributed by atoms with E-state index in [0.717, 1.165) is 6.07 Å². The first-order valence-corrected chi connectivity index (χ1v) is 4.88. The molecule has 72 valence electrons. The Morgan fingerprint density at radius 1 is 1.43 bits per heavy atom. The van der Waals surface area contributed by atoms with Crippen molar-refractivity contribution < 1.29 is 47.6 Å². The van der Waals surface area contributed by atoms with Gasteiger partial charge in [-0.15, -0.1) is 0 Å². The summed E-state index contributed by atoms with van der Waals surface area (Å²) in [6, 6.07) is 2.29. The van der Waals surface area contributed by atoms with Crippen molar-refractivity contribution in [1.82, 2.24) is 0 Å². The molecule has 0 aliphatic heterocycles. The van der Waals surface area contributed by atoms with Crippen molar-refractivity contribution in [2.45, 2.75) is 4.90 Å². The van der Waals surface area contributed by atoms with E-state index in [1.165, 1.54) is 6.07 Å². The Morgan fingerprint density at radius 2 is 1.93 bits per heavy atom. The van der Waals surface area contributed by atoms with Crippen molar-refractivity contribution in [3.63, 3.8) is 0 Å². The summed E-state index contributed by atoms with van der Waals surface area (Å²) in [6.07, 6.45) is 0. The average molecular weight is 246 g/mol. The van der Waals surface area contributed by atoms with Gasteiger partial charge in [0.1, 0.15) is 4.90 Å². The van der Waals surface area contributed by atoms with E-state index < -0.39 is 20.8 Å². The minimum Gasteiger partial charge on any atom is -0.870 e. The van der Waals surface area contributed by atoms with Crippen molar-refractivity contribution in [3.8, 4) is 5.75 Å². The van der Waals surface area contributed by atoms with Gasteiger partial charge in [0.2, 0.25) is 0 Å². The Hall–Kier alpha value is 0.0200. The van der Waals surface area contributed by atoms with Gasteiger partial charge < -0.3 is 10.8 Å². The number of rotatable bonds is 1. The molecule has 5 nitrogen and oxygen atoms in total. The molecule has 0 aliphatic carbocycles. The SMILES string of the molecule is Nc1ccc(Cl)c(S(=O)(=O)O)c1[O-].[Na+]. The average Bonchev–Trinajstić information content (AvgIpc) is 1.95. The fourth-order valence-electron chi connectivity index (χ4n) is 0.794. The molecular formula is C6H5ClNNaO4S. The predicted molar refractivity (Wildman–Crippen MR) is 45.1 cm³/mol. The molecule has 0 fully saturated rings. The summed E-state index contributed by atoms with van der Waals surface area (Å²) >= 11 is 5.39. The van der Waals surface area contributed by atoms with Gasteiger partial charge in [-0.25, -0.2) is 0 Å². The summed E-state index contributed by atoms with van der Waals surface area (Å²) in [5, 5.41) is 10.7. The first kappa shape index (κ1) is 14.0. The van der Waals surface area contributed by atoms with E-state index >= 15 is 0 Å². The van der Waals surface area contributed by atoms with E-state index in [9.17, 15) is 13.5 Å². The van der Waals surface area contributed by atoms with Crippen LogP contribution in [-0.4, -0.2) is 13.0 Å². The molecule has 0 amide bonds. The molecule has 0 radical (unpaired) electrons. The third-order valence-corrected chi connectivity index (χ3v) is 2.70. The maximum absolute atomic E-state index is 11.1. The molecule has 0 aliphatic rings. The summed E-state index contributed by atoms with van der Waals surface area (Å²) in [5.74, 6) is -0.991. The molecular weight excluding hydrogens is 241 g/mol. The van der Waals surface area contributed by atoms with Crippen LogP contribution in [-0.2, 0) is 10.1 Å². The van der Waals surface area contributed by atoms with Crippen LogP contribution in [0.5, 0.6) is 5.75 Å². The van der Waals surface area contributed by atoms with Gasteiger partial charge in [0.05, 0.1) is 5.02 Å². The van der Waals surface area contributed by atoms with Crippen LogP contribution in [0, 0.1) is 0 Å². The number of halogens is 1. The molecule has 0 saturated carbocycles. The van der Waals surface area contributed by atoms with Gasteiger partial charge in [0, 0.05) is 5.69 Å². The van der Waals surface area contributed by atoms with Crippen LogP contribution in [0.3, 0.4) is 0 Å². The summed E-state index contributed by atoms with van der Waals surface area (Å²) in [5.41, 5.74) is 4.86. The van der Waals surface area contributed by atoms with Crippen LogP contribution in [0.4, 0.5) is 5.69 Å². The van der Waals surface area contributed by atoms with Crippen LogP contribution < -0.4 is 40.4 Å². The molecule has 0 spiro atoms. The Bertz CT molecular complexity index is 447. The number of anilines is 1. The molecule has 0 bridgehead atoms. The molecule has 14 heavy (non-hydrogen) atoms. The minimum absolute atomic E-state index is 0. The fraction of sp³-hybridized carbons (Fsp3) is 0. The monoisotopic (exact) mass is 245 g/mol. The van der Waals surface area contributed by atoms with Gasteiger partial charge >= 0.3 is 29.6 Å². The van der Waals surface area contributed by atoms with E-state index in [-0.39, 0.29) is 40.3 Å². The molecule has 1 aromatic rings. The number of benzene rings is 1. The smallest absolute Gasteiger partial charge is 0.870 e.